The number of hydrogen-bond donors (Lipinski definition) is 0. The van der Waals surface area contributed by atoms with Gasteiger partial charge in [0.1, 0.15) is 11.6 Å². The zero-order chi connectivity index (χ0) is 9.30. The van der Waals surface area contributed by atoms with E-state index >= 15 is 0 Å². The van der Waals surface area contributed by atoms with E-state index < -0.39 is 0 Å². The molecule has 0 aromatic heterocycles. The number of ether oxygens (including phenoxy) is 1. The first kappa shape index (κ1) is 9.33. The third-order valence-electron chi connectivity index (χ3n) is 1.79. The van der Waals surface area contributed by atoms with Crippen molar-refractivity contribution in [2.75, 3.05) is 7.11 Å². The second-order valence-corrected chi connectivity index (χ2v) is 3.03. The van der Waals surface area contributed by atoms with Gasteiger partial charge in [0.2, 0.25) is 0 Å². The number of aryl methyl sites for hydroxylation is 1. The zero-order valence-corrected chi connectivity index (χ0v) is 8.00. The van der Waals surface area contributed by atoms with Crippen molar-refractivity contribution in [1.82, 2.24) is 0 Å². The molecule has 0 saturated heterocycles. The monoisotopic (exact) mass is 188 g/mol. The number of methoxy groups -OCH3 is 1. The molecule has 1 nitrogen and oxygen atoms in total. The van der Waals surface area contributed by atoms with Crippen molar-refractivity contribution in [2.45, 2.75) is 13.8 Å². The third kappa shape index (κ3) is 1.39. The molecule has 0 N–H and O–H groups in total. The Hall–Kier alpha value is -0.760. The van der Waals surface area contributed by atoms with E-state index in [1.807, 2.05) is 0 Å². The maximum absolute atomic E-state index is 13.2. The standard InChI is InChI=1S/C9H10ClFO/c1-5-4-7(12-3)8(10)6(2)9(5)11/h4H,1-3H3. The molecule has 66 valence electrons. The van der Waals surface area contributed by atoms with Crippen LogP contribution in [0.3, 0.4) is 0 Å². The van der Waals surface area contributed by atoms with E-state index in [2.05, 4.69) is 0 Å². The Labute approximate surface area is 76.1 Å². The molecule has 1 aromatic carbocycles. The van der Waals surface area contributed by atoms with Crippen LogP contribution in [0, 0.1) is 19.7 Å². The fraction of sp³-hybridized carbons (Fsp3) is 0.333. The Kier molecular flexibility index (Phi) is 2.58. The van der Waals surface area contributed by atoms with Gasteiger partial charge in [0, 0.05) is 5.56 Å². The summed E-state index contributed by atoms with van der Waals surface area (Å²) in [7, 11) is 1.51. The van der Waals surface area contributed by atoms with Gasteiger partial charge in [-0.25, -0.2) is 4.39 Å². The van der Waals surface area contributed by atoms with Gasteiger partial charge in [0.15, 0.2) is 0 Å². The minimum absolute atomic E-state index is 0.263. The van der Waals surface area contributed by atoms with E-state index in [0.717, 1.165) is 0 Å². The van der Waals surface area contributed by atoms with E-state index in [9.17, 15) is 4.39 Å². The first-order chi connectivity index (χ1) is 5.57. The molecule has 0 heterocycles. The molecular formula is C9H10ClFO. The quantitative estimate of drug-likeness (QED) is 0.658. The van der Waals surface area contributed by atoms with Crippen molar-refractivity contribution in [3.8, 4) is 5.75 Å². The lowest BCUT2D eigenvalue weighted by Crippen LogP contribution is -1.93. The molecule has 0 aliphatic heterocycles. The van der Waals surface area contributed by atoms with Gasteiger partial charge in [-0.3, -0.25) is 0 Å². The van der Waals surface area contributed by atoms with Crippen LogP contribution in [-0.4, -0.2) is 7.11 Å². The molecule has 0 atom stereocenters. The van der Waals surface area contributed by atoms with Gasteiger partial charge in [-0.05, 0) is 25.5 Å². The highest BCUT2D eigenvalue weighted by molar-refractivity contribution is 6.32. The predicted molar refractivity (Wildman–Crippen MR) is 47.4 cm³/mol. The summed E-state index contributed by atoms with van der Waals surface area (Å²) in [6.07, 6.45) is 0. The number of rotatable bonds is 1. The lowest BCUT2D eigenvalue weighted by molar-refractivity contribution is 0.413. The fourth-order valence-electron chi connectivity index (χ4n) is 1.05. The summed E-state index contributed by atoms with van der Waals surface area (Å²) in [4.78, 5) is 0. The predicted octanol–water partition coefficient (Wildman–Crippen LogP) is 3.10. The van der Waals surface area contributed by atoms with Crippen LogP contribution >= 0.6 is 11.6 Å². The van der Waals surface area contributed by atoms with Gasteiger partial charge in [-0.2, -0.15) is 0 Å². The van der Waals surface area contributed by atoms with Gasteiger partial charge in [0.05, 0.1) is 12.1 Å². The van der Waals surface area contributed by atoms with Gasteiger partial charge in [-0.15, -0.1) is 0 Å². The van der Waals surface area contributed by atoms with Crippen molar-refractivity contribution in [3.05, 3.63) is 28.0 Å². The number of benzene rings is 1. The van der Waals surface area contributed by atoms with E-state index in [4.69, 9.17) is 16.3 Å². The van der Waals surface area contributed by atoms with Gasteiger partial charge in [-0.1, -0.05) is 11.6 Å². The minimum Gasteiger partial charge on any atom is -0.495 e. The summed E-state index contributed by atoms with van der Waals surface area (Å²) in [5.74, 6) is 0.258. The lowest BCUT2D eigenvalue weighted by atomic mass is 10.1. The van der Waals surface area contributed by atoms with Crippen LogP contribution < -0.4 is 4.74 Å². The van der Waals surface area contributed by atoms with Crippen LogP contribution in [0.4, 0.5) is 4.39 Å². The lowest BCUT2D eigenvalue weighted by Gasteiger charge is -2.08. The molecule has 12 heavy (non-hydrogen) atoms. The summed E-state index contributed by atoms with van der Waals surface area (Å²) in [6.45, 7) is 3.31. The highest BCUT2D eigenvalue weighted by atomic mass is 35.5. The summed E-state index contributed by atoms with van der Waals surface area (Å²) in [5, 5.41) is 0.348. The number of hydrogen-bond acceptors (Lipinski definition) is 1. The Balaban J connectivity index is 3.39. The maximum atomic E-state index is 13.2. The fourth-order valence-corrected chi connectivity index (χ4v) is 1.26. The van der Waals surface area contributed by atoms with Crippen molar-refractivity contribution >= 4 is 11.6 Å². The molecule has 0 fully saturated rings. The van der Waals surface area contributed by atoms with E-state index in [1.165, 1.54) is 7.11 Å². The Morgan fingerprint density at radius 2 is 2.00 bits per heavy atom. The molecule has 0 aliphatic rings. The summed E-state index contributed by atoms with van der Waals surface area (Å²) in [5.41, 5.74) is 0.988. The van der Waals surface area contributed by atoms with Crippen molar-refractivity contribution in [1.29, 1.82) is 0 Å². The zero-order valence-electron chi connectivity index (χ0n) is 7.24. The SMILES string of the molecule is COc1cc(C)c(F)c(C)c1Cl. The van der Waals surface area contributed by atoms with Crippen LogP contribution in [0.25, 0.3) is 0 Å². The molecule has 0 bridgehead atoms. The second-order valence-electron chi connectivity index (χ2n) is 2.65. The van der Waals surface area contributed by atoms with Crippen molar-refractivity contribution in [2.24, 2.45) is 0 Å². The Morgan fingerprint density at radius 1 is 1.42 bits per heavy atom. The first-order valence-corrected chi connectivity index (χ1v) is 3.95. The molecular weight excluding hydrogens is 179 g/mol. The van der Waals surface area contributed by atoms with Crippen molar-refractivity contribution < 1.29 is 9.13 Å². The van der Waals surface area contributed by atoms with E-state index in [-0.39, 0.29) is 5.82 Å². The molecule has 0 unspecified atom stereocenters. The average molecular weight is 189 g/mol. The first-order valence-electron chi connectivity index (χ1n) is 3.57. The summed E-state index contributed by atoms with van der Waals surface area (Å²) < 4.78 is 18.1. The molecule has 0 radical (unpaired) electrons. The topological polar surface area (TPSA) is 9.23 Å². The van der Waals surface area contributed by atoms with Crippen LogP contribution in [0.2, 0.25) is 5.02 Å². The van der Waals surface area contributed by atoms with Crippen LogP contribution in [0.1, 0.15) is 11.1 Å². The van der Waals surface area contributed by atoms with Gasteiger partial charge < -0.3 is 4.74 Å². The van der Waals surface area contributed by atoms with Gasteiger partial charge in [0.25, 0.3) is 0 Å². The van der Waals surface area contributed by atoms with E-state index in [0.29, 0.717) is 21.9 Å². The van der Waals surface area contributed by atoms with Crippen molar-refractivity contribution in [3.63, 3.8) is 0 Å². The average Bonchev–Trinajstić information content (AvgIpc) is 2.08. The molecule has 1 rings (SSSR count). The highest BCUT2D eigenvalue weighted by Crippen LogP contribution is 2.31. The normalized spacial score (nSPS) is 10.1. The highest BCUT2D eigenvalue weighted by Gasteiger charge is 2.10. The molecule has 1 aromatic rings. The third-order valence-corrected chi connectivity index (χ3v) is 2.26. The Morgan fingerprint density at radius 3 is 2.50 bits per heavy atom. The molecule has 0 saturated carbocycles. The Bertz CT molecular complexity index is 310. The largest absolute Gasteiger partial charge is 0.495 e. The second kappa shape index (κ2) is 3.31. The maximum Gasteiger partial charge on any atom is 0.138 e. The molecule has 0 spiro atoms. The van der Waals surface area contributed by atoms with Crippen LogP contribution in [-0.2, 0) is 0 Å². The van der Waals surface area contributed by atoms with E-state index in [1.54, 1.807) is 19.9 Å². The molecule has 0 aliphatic carbocycles. The molecule has 3 heteroatoms. The minimum atomic E-state index is -0.263. The van der Waals surface area contributed by atoms with Gasteiger partial charge >= 0.3 is 0 Å². The smallest absolute Gasteiger partial charge is 0.138 e. The van der Waals surface area contributed by atoms with Crippen LogP contribution in [0.15, 0.2) is 6.07 Å². The van der Waals surface area contributed by atoms with Crippen LogP contribution in [0.5, 0.6) is 5.75 Å². The number of halogens is 2. The molecule has 0 amide bonds. The summed E-state index contributed by atoms with van der Waals surface area (Å²) >= 11 is 5.81. The summed E-state index contributed by atoms with van der Waals surface area (Å²) in [6, 6.07) is 1.59.